The first-order valence-electron chi connectivity index (χ1n) is 5.98. The van der Waals surface area contributed by atoms with Crippen LogP contribution < -0.4 is 17.0 Å². The molecule has 2 aromatic carbocycles. The molecule has 5 N–H and O–H groups in total. The van der Waals surface area contributed by atoms with Crippen molar-refractivity contribution in [2.75, 3.05) is 5.73 Å². The van der Waals surface area contributed by atoms with E-state index >= 15 is 0 Å². The smallest absolute Gasteiger partial charge is 0.265 e. The summed E-state index contributed by atoms with van der Waals surface area (Å²) in [6, 6.07) is 8.20. The molecule has 0 saturated heterocycles. The summed E-state index contributed by atoms with van der Waals surface area (Å²) in [4.78, 5) is 11.8. The van der Waals surface area contributed by atoms with Crippen molar-refractivity contribution in [2.24, 2.45) is 5.84 Å². The molecular weight excluding hydrogens is 296 g/mol. The molecule has 0 radical (unpaired) electrons. The summed E-state index contributed by atoms with van der Waals surface area (Å²) in [7, 11) is 0. The van der Waals surface area contributed by atoms with Crippen LogP contribution in [0.3, 0.4) is 0 Å². The summed E-state index contributed by atoms with van der Waals surface area (Å²) in [5.74, 6) is 3.77. The highest BCUT2D eigenvalue weighted by molar-refractivity contribution is 7.98. The second kappa shape index (κ2) is 6.55. The third-order valence-electron chi connectivity index (χ3n) is 2.78. The minimum atomic E-state index is -0.514. The Balaban J connectivity index is 2.17. The number of carbonyl (C=O) groups is 1. The van der Waals surface area contributed by atoms with Crippen LogP contribution in [0.1, 0.15) is 15.9 Å². The monoisotopic (exact) mass is 309 g/mol. The fourth-order valence-electron chi connectivity index (χ4n) is 1.70. The first-order chi connectivity index (χ1) is 10.0. The molecule has 0 aliphatic rings. The van der Waals surface area contributed by atoms with E-state index in [2.05, 4.69) is 0 Å². The Hall–Kier alpha value is -2.12. The average Bonchev–Trinajstić information content (AvgIpc) is 2.47. The van der Waals surface area contributed by atoms with Crippen molar-refractivity contribution in [2.45, 2.75) is 10.6 Å². The van der Waals surface area contributed by atoms with Crippen LogP contribution in [0.2, 0.25) is 0 Å². The highest BCUT2D eigenvalue weighted by atomic mass is 32.2. The van der Waals surface area contributed by atoms with Gasteiger partial charge in [-0.25, -0.2) is 14.6 Å². The lowest BCUT2D eigenvalue weighted by atomic mass is 10.1. The molecule has 0 atom stereocenters. The number of nitrogens with one attached hydrogen (secondary N) is 1. The number of carbonyl (C=O) groups excluding carboxylic acids is 1. The van der Waals surface area contributed by atoms with E-state index in [0.717, 1.165) is 11.8 Å². The van der Waals surface area contributed by atoms with Crippen molar-refractivity contribution in [3.8, 4) is 0 Å². The van der Waals surface area contributed by atoms with Crippen LogP contribution in [-0.2, 0) is 5.75 Å². The number of hydrogen-bond acceptors (Lipinski definition) is 4. The van der Waals surface area contributed by atoms with Crippen LogP contribution >= 0.6 is 11.8 Å². The Morgan fingerprint density at radius 3 is 2.57 bits per heavy atom. The zero-order valence-electron chi connectivity index (χ0n) is 10.9. The molecule has 0 aliphatic carbocycles. The average molecular weight is 309 g/mol. The van der Waals surface area contributed by atoms with Crippen molar-refractivity contribution in [3.05, 3.63) is 59.2 Å². The van der Waals surface area contributed by atoms with Gasteiger partial charge < -0.3 is 5.73 Å². The number of hydrogen-bond donors (Lipinski definition) is 3. The molecule has 0 heterocycles. The summed E-state index contributed by atoms with van der Waals surface area (Å²) < 4.78 is 27.4. The molecule has 1 amide bonds. The van der Waals surface area contributed by atoms with Gasteiger partial charge >= 0.3 is 0 Å². The summed E-state index contributed by atoms with van der Waals surface area (Å²) >= 11 is 1.12. The highest BCUT2D eigenvalue weighted by Gasteiger charge is 2.10. The summed E-state index contributed by atoms with van der Waals surface area (Å²) in [6.07, 6.45) is 0. The van der Waals surface area contributed by atoms with Crippen LogP contribution in [0.15, 0.2) is 41.3 Å². The first-order valence-corrected chi connectivity index (χ1v) is 6.97. The third kappa shape index (κ3) is 3.71. The molecule has 7 heteroatoms. The van der Waals surface area contributed by atoms with Crippen LogP contribution in [0, 0.1) is 11.6 Å². The topological polar surface area (TPSA) is 81.1 Å². The number of rotatable bonds is 4. The largest absolute Gasteiger partial charge is 0.399 e. The minimum Gasteiger partial charge on any atom is -0.399 e. The zero-order chi connectivity index (χ0) is 15.4. The minimum absolute atomic E-state index is 0.179. The van der Waals surface area contributed by atoms with Crippen LogP contribution in [0.5, 0.6) is 0 Å². The second-order valence-electron chi connectivity index (χ2n) is 4.26. The van der Waals surface area contributed by atoms with Gasteiger partial charge in [0.2, 0.25) is 0 Å². The molecule has 0 fully saturated rings. The number of hydrazine groups is 1. The molecule has 110 valence electrons. The molecule has 0 spiro atoms. The molecule has 2 aromatic rings. The van der Waals surface area contributed by atoms with Gasteiger partial charge in [-0.2, -0.15) is 0 Å². The van der Waals surface area contributed by atoms with Gasteiger partial charge in [-0.1, -0.05) is 0 Å². The second-order valence-corrected chi connectivity index (χ2v) is 5.28. The number of nitrogen functional groups attached to an aromatic ring is 2. The number of anilines is 1. The van der Waals surface area contributed by atoms with Crippen molar-refractivity contribution in [1.82, 2.24) is 5.43 Å². The molecule has 0 aliphatic heterocycles. The Morgan fingerprint density at radius 2 is 1.90 bits per heavy atom. The molecule has 0 aromatic heterocycles. The lowest BCUT2D eigenvalue weighted by molar-refractivity contribution is 0.0953. The lowest BCUT2D eigenvalue weighted by Crippen LogP contribution is -2.30. The van der Waals surface area contributed by atoms with Gasteiger partial charge in [0, 0.05) is 21.9 Å². The van der Waals surface area contributed by atoms with Crippen LogP contribution in [0.4, 0.5) is 14.5 Å². The number of nitrogens with two attached hydrogens (primary N) is 2. The van der Waals surface area contributed by atoms with E-state index in [0.29, 0.717) is 10.6 Å². The number of thioether (sulfide) groups is 1. The Morgan fingerprint density at radius 1 is 1.14 bits per heavy atom. The van der Waals surface area contributed by atoms with Gasteiger partial charge in [0.25, 0.3) is 5.91 Å². The molecule has 21 heavy (non-hydrogen) atoms. The number of amides is 1. The normalized spacial score (nSPS) is 10.4. The van der Waals surface area contributed by atoms with E-state index in [1.165, 1.54) is 30.3 Å². The quantitative estimate of drug-likeness (QED) is 0.266. The van der Waals surface area contributed by atoms with Gasteiger partial charge in [-0.15, -0.1) is 11.8 Å². The van der Waals surface area contributed by atoms with E-state index in [-0.39, 0.29) is 16.9 Å². The maximum absolute atomic E-state index is 13.7. The predicted octanol–water partition coefficient (Wildman–Crippen LogP) is 2.44. The van der Waals surface area contributed by atoms with Crippen LogP contribution in [-0.4, -0.2) is 5.91 Å². The van der Waals surface area contributed by atoms with Crippen molar-refractivity contribution >= 4 is 23.4 Å². The van der Waals surface area contributed by atoms with Crippen LogP contribution in [0.25, 0.3) is 0 Å². The van der Waals surface area contributed by atoms with E-state index in [1.54, 1.807) is 6.07 Å². The predicted molar refractivity (Wildman–Crippen MR) is 78.4 cm³/mol. The van der Waals surface area contributed by atoms with Gasteiger partial charge in [-0.05, 0) is 42.0 Å². The summed E-state index contributed by atoms with van der Waals surface area (Å²) in [5, 5.41) is 0. The summed E-state index contributed by atoms with van der Waals surface area (Å²) in [6.45, 7) is 0. The zero-order valence-corrected chi connectivity index (χ0v) is 11.7. The maximum Gasteiger partial charge on any atom is 0.265 e. The molecular formula is C14H13F2N3OS. The first kappa shape index (κ1) is 15.3. The maximum atomic E-state index is 13.7. The molecule has 0 unspecified atom stereocenters. The Kier molecular flexibility index (Phi) is 4.77. The molecule has 4 nitrogen and oxygen atoms in total. The fraction of sp³-hybridized carbons (Fsp3) is 0.0714. The molecule has 2 rings (SSSR count). The number of benzene rings is 2. The van der Waals surface area contributed by atoms with Crippen molar-refractivity contribution < 1.29 is 13.6 Å². The molecule has 0 bridgehead atoms. The SMILES string of the molecule is NNC(=O)c1ccc(F)c(CSc2ccc(N)cc2F)c1. The Labute approximate surface area is 124 Å². The number of halogens is 2. The fourth-order valence-corrected chi connectivity index (χ4v) is 2.59. The van der Waals surface area contributed by atoms with E-state index in [9.17, 15) is 13.6 Å². The summed E-state index contributed by atoms with van der Waals surface area (Å²) in [5.41, 5.74) is 8.29. The highest BCUT2D eigenvalue weighted by Crippen LogP contribution is 2.28. The van der Waals surface area contributed by atoms with E-state index in [1.807, 2.05) is 5.43 Å². The van der Waals surface area contributed by atoms with Gasteiger partial charge in [0.15, 0.2) is 0 Å². The van der Waals surface area contributed by atoms with Crippen molar-refractivity contribution in [3.63, 3.8) is 0 Å². The third-order valence-corrected chi connectivity index (χ3v) is 3.88. The van der Waals surface area contributed by atoms with Gasteiger partial charge in [-0.3, -0.25) is 10.2 Å². The molecule has 0 saturated carbocycles. The van der Waals surface area contributed by atoms with E-state index in [4.69, 9.17) is 11.6 Å². The van der Waals surface area contributed by atoms with Gasteiger partial charge in [0.1, 0.15) is 11.6 Å². The van der Waals surface area contributed by atoms with Gasteiger partial charge in [0.05, 0.1) is 0 Å². The van der Waals surface area contributed by atoms with E-state index < -0.39 is 17.5 Å². The Bertz CT molecular complexity index is 679. The lowest BCUT2D eigenvalue weighted by Gasteiger charge is -2.07. The van der Waals surface area contributed by atoms with Crippen molar-refractivity contribution in [1.29, 1.82) is 0 Å². The standard InChI is InChI=1S/C14H13F2N3OS/c15-11-3-1-8(14(20)19-18)5-9(11)7-21-13-4-2-10(17)6-12(13)16/h1-6H,7,17-18H2,(H,19,20).